The fourth-order valence-corrected chi connectivity index (χ4v) is 9.92. The molecule has 7 atom stereocenters. The summed E-state index contributed by atoms with van der Waals surface area (Å²) in [5.74, 6) is 0.510. The van der Waals surface area contributed by atoms with E-state index in [1.54, 1.807) is 61.2 Å². The number of nitrogens with one attached hydrogen (secondary N) is 1. The first-order valence-electron chi connectivity index (χ1n) is 22.1. The Morgan fingerprint density at radius 1 is 0.851 bits per heavy atom. The zero-order chi connectivity index (χ0) is 47.4. The number of aliphatic carboxylic acids is 1. The van der Waals surface area contributed by atoms with E-state index in [-0.39, 0.29) is 24.5 Å². The molecule has 5 aromatic carbocycles. The normalized spacial score (nSPS) is 22.4. The number of rotatable bonds is 13. The number of cyclic esters (lactones) is 1. The molecule has 14 nitrogen and oxygen atoms in total. The first-order valence-corrected chi connectivity index (χ1v) is 22.1. The summed E-state index contributed by atoms with van der Waals surface area (Å²) in [6.45, 7) is 4.19. The van der Waals surface area contributed by atoms with Gasteiger partial charge in [0.25, 0.3) is 0 Å². The second-order valence-electron chi connectivity index (χ2n) is 17.3. The maximum absolute atomic E-state index is 16.2. The molecule has 3 amide bonds. The number of aliphatic hydroxyl groups excluding tert-OH is 1. The number of hydrogen-bond donors (Lipinski definition) is 3. The van der Waals surface area contributed by atoms with Crippen LogP contribution in [0.1, 0.15) is 65.4 Å². The minimum atomic E-state index is -2.21. The van der Waals surface area contributed by atoms with Gasteiger partial charge in [0.1, 0.15) is 41.9 Å². The average molecular weight is 905 g/mol. The van der Waals surface area contributed by atoms with Crippen LogP contribution in [-0.4, -0.2) is 95.9 Å². The van der Waals surface area contributed by atoms with E-state index in [1.165, 1.54) is 7.11 Å². The van der Waals surface area contributed by atoms with Crippen LogP contribution in [0.25, 0.3) is 0 Å². The van der Waals surface area contributed by atoms with Crippen LogP contribution in [0.4, 0.5) is 10.5 Å². The van der Waals surface area contributed by atoms with E-state index >= 15 is 4.79 Å². The van der Waals surface area contributed by atoms with Crippen molar-refractivity contribution >= 4 is 35.5 Å². The van der Waals surface area contributed by atoms with Crippen molar-refractivity contribution < 1.29 is 48.4 Å². The molecule has 0 saturated carbocycles. The molecule has 2 saturated heterocycles. The Hall–Kier alpha value is -7.31. The molecule has 3 aliphatic rings. The number of nitrogens with zero attached hydrogens (tertiary/aromatic N) is 3. The number of carboxylic acids is 1. The number of amides is 3. The molecular weight excluding hydrogens is 853 g/mol. The summed E-state index contributed by atoms with van der Waals surface area (Å²) < 4.78 is 17.1. The van der Waals surface area contributed by atoms with Gasteiger partial charge in [-0.25, -0.2) is 14.5 Å². The summed E-state index contributed by atoms with van der Waals surface area (Å²) >= 11 is 0. The highest BCUT2D eigenvalue weighted by Gasteiger charge is 2.76. The van der Waals surface area contributed by atoms with Gasteiger partial charge in [-0.2, -0.15) is 0 Å². The molecule has 3 N–H and O–H groups in total. The Morgan fingerprint density at radius 3 is 2.10 bits per heavy atom. The van der Waals surface area contributed by atoms with Gasteiger partial charge in [0, 0.05) is 12.1 Å². The lowest BCUT2D eigenvalue weighted by atomic mass is 9.65. The van der Waals surface area contributed by atoms with Crippen LogP contribution < -0.4 is 15.0 Å². The van der Waals surface area contributed by atoms with Gasteiger partial charge >= 0.3 is 23.9 Å². The number of imide groups is 1. The maximum atomic E-state index is 16.2. The van der Waals surface area contributed by atoms with Crippen molar-refractivity contribution in [3.8, 4) is 17.6 Å². The number of aliphatic hydroxyl groups is 1. The molecule has 8 rings (SSSR count). The predicted octanol–water partition coefficient (Wildman–Crippen LogP) is 6.20. The summed E-state index contributed by atoms with van der Waals surface area (Å²) in [7, 11) is 3.13. The molecule has 3 aliphatic heterocycles. The lowest BCUT2D eigenvalue weighted by molar-refractivity contribution is -0.179. The molecule has 0 aliphatic carbocycles. The summed E-state index contributed by atoms with van der Waals surface area (Å²) in [6.07, 6.45) is -0.973. The van der Waals surface area contributed by atoms with Crippen LogP contribution in [0.15, 0.2) is 133 Å². The molecule has 5 aromatic rings. The Labute approximate surface area is 389 Å². The quantitative estimate of drug-likeness (QED) is 0.0904. The highest BCUT2D eigenvalue weighted by molar-refractivity contribution is 6.24. The lowest BCUT2D eigenvalue weighted by Crippen LogP contribution is -2.56. The van der Waals surface area contributed by atoms with Gasteiger partial charge < -0.3 is 29.7 Å². The van der Waals surface area contributed by atoms with Gasteiger partial charge in [0.2, 0.25) is 5.91 Å². The largest absolute Gasteiger partial charge is 0.491 e. The molecule has 0 radical (unpaired) electrons. The molecule has 1 spiro atoms. The van der Waals surface area contributed by atoms with Crippen molar-refractivity contribution in [2.45, 2.75) is 56.1 Å². The Morgan fingerprint density at radius 2 is 1.49 bits per heavy atom. The van der Waals surface area contributed by atoms with Crippen molar-refractivity contribution in [1.29, 1.82) is 0 Å². The van der Waals surface area contributed by atoms with Crippen molar-refractivity contribution in [2.75, 3.05) is 38.8 Å². The van der Waals surface area contributed by atoms with E-state index in [0.29, 0.717) is 41.1 Å². The van der Waals surface area contributed by atoms with E-state index in [4.69, 9.17) is 14.2 Å². The minimum absolute atomic E-state index is 0.00736. The SMILES string of the molecule is COC(=O)[C@@H](NC(=O)N1C(=O)[C@@]2(c3cc(C#CCN(C)Cc4ccccc4)ccc31)[C@H](c1ccc(OCCO)cc1)N1[C@H](c3ccccc3)[C@H](c3ccccc3)OC(=O)[C@H]1[C@@H]2C(=O)O)C(C)C. The first kappa shape index (κ1) is 46.2. The summed E-state index contributed by atoms with van der Waals surface area (Å²) in [6, 6.07) is 34.0. The van der Waals surface area contributed by atoms with Crippen molar-refractivity contribution in [2.24, 2.45) is 11.8 Å². The Kier molecular flexibility index (Phi) is 13.6. The third-order valence-corrected chi connectivity index (χ3v) is 12.8. The zero-order valence-corrected chi connectivity index (χ0v) is 37.6. The maximum Gasteiger partial charge on any atom is 0.329 e. The number of carboxylic acid groups (broad SMARTS) is 1. The Balaban J connectivity index is 1.37. The number of benzene rings is 5. The van der Waals surface area contributed by atoms with Crippen LogP contribution in [0.2, 0.25) is 0 Å². The number of fused-ring (bicyclic) bond motifs is 3. The van der Waals surface area contributed by atoms with Gasteiger partial charge in [0.05, 0.1) is 38.0 Å². The third kappa shape index (κ3) is 8.65. The number of ether oxygens (including phenoxy) is 3. The topological polar surface area (TPSA) is 175 Å². The number of carbonyl (C=O) groups excluding carboxylic acids is 4. The molecule has 14 heteroatoms. The number of urea groups is 1. The van der Waals surface area contributed by atoms with Gasteiger partial charge in [-0.15, -0.1) is 0 Å². The summed E-state index contributed by atoms with van der Waals surface area (Å²) in [5, 5.41) is 23.9. The van der Waals surface area contributed by atoms with Crippen LogP contribution >= 0.6 is 0 Å². The highest BCUT2D eigenvalue weighted by Crippen LogP contribution is 2.66. The Bertz CT molecular complexity index is 2690. The van der Waals surface area contributed by atoms with Crippen molar-refractivity contribution in [3.63, 3.8) is 0 Å². The number of esters is 2. The molecule has 2 fully saturated rings. The average Bonchev–Trinajstić information content (AvgIpc) is 3.79. The van der Waals surface area contributed by atoms with E-state index in [0.717, 1.165) is 10.5 Å². The fraction of sp³-hybridized carbons (Fsp3) is 0.302. The highest BCUT2D eigenvalue weighted by atomic mass is 16.6. The minimum Gasteiger partial charge on any atom is -0.491 e. The standard InChI is InChI=1S/C53H52N4O10/c1-33(2)43(49(61)65-4)54-52(64)56-41-27-22-34(17-14-28-55(3)32-35-15-8-5-9-16-35)31-40(41)53(51(56)63)42(48(59)60)45-50(62)67-46(37-20-12-7-13-21-37)44(36-18-10-6-11-19-36)57(45)47(53)38-23-25-39(26-24-38)66-30-29-58/h5-13,15-16,18-27,31,33,42-47,58H,28-30,32H2,1-4H3,(H,54,64)(H,59,60)/t42-,43+,44-,45-,46+,47+,53-/m1/s1. The van der Waals surface area contributed by atoms with Gasteiger partial charge in [0.15, 0.2) is 0 Å². The molecule has 0 aromatic heterocycles. The van der Waals surface area contributed by atoms with Crippen LogP contribution in [0.3, 0.4) is 0 Å². The molecule has 3 heterocycles. The lowest BCUT2D eigenvalue weighted by Gasteiger charge is -2.46. The number of anilines is 1. The summed E-state index contributed by atoms with van der Waals surface area (Å²) in [5.41, 5.74) is 1.29. The number of hydrogen-bond acceptors (Lipinski definition) is 11. The number of morpholine rings is 1. The second kappa shape index (κ2) is 19.7. The second-order valence-corrected chi connectivity index (χ2v) is 17.3. The smallest absolute Gasteiger partial charge is 0.329 e. The molecule has 0 bridgehead atoms. The molecule has 344 valence electrons. The number of methoxy groups -OCH3 is 1. The number of carbonyl (C=O) groups is 5. The first-order chi connectivity index (χ1) is 32.4. The summed E-state index contributed by atoms with van der Waals surface area (Å²) in [4.78, 5) is 78.1. The van der Waals surface area contributed by atoms with Crippen LogP contribution in [0.5, 0.6) is 5.75 Å². The predicted molar refractivity (Wildman–Crippen MR) is 247 cm³/mol. The van der Waals surface area contributed by atoms with Gasteiger partial charge in [-0.05, 0) is 71.1 Å². The fourth-order valence-electron chi connectivity index (χ4n) is 9.92. The van der Waals surface area contributed by atoms with Crippen LogP contribution in [0, 0.1) is 23.7 Å². The molecule has 0 unspecified atom stereocenters. The molecular formula is C53H52N4O10. The van der Waals surface area contributed by atoms with E-state index < -0.39 is 77.4 Å². The van der Waals surface area contributed by atoms with Gasteiger partial charge in [-0.1, -0.05) is 129 Å². The van der Waals surface area contributed by atoms with Crippen molar-refractivity contribution in [1.82, 2.24) is 15.1 Å². The zero-order valence-electron chi connectivity index (χ0n) is 37.6. The van der Waals surface area contributed by atoms with E-state index in [1.807, 2.05) is 103 Å². The van der Waals surface area contributed by atoms with Crippen molar-refractivity contribution in [3.05, 3.63) is 167 Å². The van der Waals surface area contributed by atoms with E-state index in [2.05, 4.69) is 17.2 Å². The third-order valence-electron chi connectivity index (χ3n) is 12.8. The van der Waals surface area contributed by atoms with Crippen LogP contribution in [-0.2, 0) is 40.6 Å². The van der Waals surface area contributed by atoms with E-state index in [9.17, 15) is 29.4 Å². The molecule has 67 heavy (non-hydrogen) atoms. The monoisotopic (exact) mass is 904 g/mol. The van der Waals surface area contributed by atoms with Gasteiger partial charge in [-0.3, -0.25) is 24.2 Å².